The van der Waals surface area contributed by atoms with E-state index in [1.54, 1.807) is 17.5 Å². The number of aliphatic imine (C=N–C) groups is 1. The summed E-state index contributed by atoms with van der Waals surface area (Å²) in [6.07, 6.45) is 2.48. The molecule has 2 heterocycles. The highest BCUT2D eigenvalue weighted by molar-refractivity contribution is 8.02. The van der Waals surface area contributed by atoms with E-state index in [-0.39, 0.29) is 0 Å². The summed E-state index contributed by atoms with van der Waals surface area (Å²) in [4.78, 5) is 21.1. The lowest BCUT2D eigenvalue weighted by Gasteiger charge is -2.06. The van der Waals surface area contributed by atoms with Crippen molar-refractivity contribution in [2.24, 2.45) is 4.99 Å². The van der Waals surface area contributed by atoms with Gasteiger partial charge in [-0.1, -0.05) is 29.8 Å². The van der Waals surface area contributed by atoms with Crippen LogP contribution in [0.25, 0.3) is 27.0 Å². The van der Waals surface area contributed by atoms with E-state index in [0.717, 1.165) is 31.9 Å². The van der Waals surface area contributed by atoms with Crippen LogP contribution in [0.2, 0.25) is 0 Å². The summed E-state index contributed by atoms with van der Waals surface area (Å²) in [5.74, 6) is 0.492. The fourth-order valence-electron chi connectivity index (χ4n) is 2.48. The molecule has 0 spiro atoms. The molecule has 25 heavy (non-hydrogen) atoms. The largest absolute Gasteiger partial charge is 0.349 e. The predicted molar refractivity (Wildman–Crippen MR) is 109 cm³/mol. The molecule has 126 valence electrons. The van der Waals surface area contributed by atoms with Crippen LogP contribution in [0.4, 0.5) is 0 Å². The lowest BCUT2D eigenvalue weighted by atomic mass is 10.0. The highest BCUT2D eigenvalue weighted by Gasteiger charge is 2.17. The van der Waals surface area contributed by atoms with Crippen LogP contribution in [0.5, 0.6) is 0 Å². The first-order valence-electron chi connectivity index (χ1n) is 7.65. The van der Waals surface area contributed by atoms with E-state index >= 15 is 0 Å². The summed E-state index contributed by atoms with van der Waals surface area (Å²) in [5, 5.41) is 5.66. The molecular formula is C19H17N3OS2. The molecule has 0 aliphatic heterocycles. The minimum Gasteiger partial charge on any atom is -0.349 e. The molecule has 3 rings (SSSR count). The van der Waals surface area contributed by atoms with Gasteiger partial charge in [-0.05, 0) is 36.7 Å². The number of pyridine rings is 1. The number of aryl methyl sites for hydroxylation is 1. The lowest BCUT2D eigenvalue weighted by Crippen LogP contribution is -2.07. The molecule has 0 radical (unpaired) electrons. The van der Waals surface area contributed by atoms with Gasteiger partial charge in [-0.2, -0.15) is 0 Å². The van der Waals surface area contributed by atoms with Gasteiger partial charge in [0.25, 0.3) is 0 Å². The second kappa shape index (κ2) is 8.09. The number of aromatic nitrogens is 1. The molecule has 1 N–H and O–H groups in total. The number of amides is 1. The van der Waals surface area contributed by atoms with Gasteiger partial charge in [0.2, 0.25) is 6.41 Å². The van der Waals surface area contributed by atoms with Crippen molar-refractivity contribution in [1.29, 1.82) is 0 Å². The molecule has 0 unspecified atom stereocenters. The van der Waals surface area contributed by atoms with Crippen molar-refractivity contribution in [3.05, 3.63) is 58.4 Å². The second-order valence-electron chi connectivity index (χ2n) is 5.32. The average molecular weight is 367 g/mol. The van der Waals surface area contributed by atoms with Crippen LogP contribution in [-0.2, 0) is 4.79 Å². The van der Waals surface area contributed by atoms with Gasteiger partial charge < -0.3 is 5.32 Å². The van der Waals surface area contributed by atoms with Crippen molar-refractivity contribution in [2.75, 3.05) is 5.88 Å². The van der Waals surface area contributed by atoms with Gasteiger partial charge in [0.15, 0.2) is 0 Å². The zero-order valence-corrected chi connectivity index (χ0v) is 15.4. The molecule has 3 aromatic rings. The first-order valence-corrected chi connectivity index (χ1v) is 9.51. The summed E-state index contributed by atoms with van der Waals surface area (Å²) in [7, 11) is 0. The van der Waals surface area contributed by atoms with Gasteiger partial charge in [0, 0.05) is 17.1 Å². The van der Waals surface area contributed by atoms with Crippen LogP contribution in [0.1, 0.15) is 10.4 Å². The Hall–Kier alpha value is -2.44. The summed E-state index contributed by atoms with van der Waals surface area (Å²) in [6.45, 7) is 5.79. The van der Waals surface area contributed by atoms with Gasteiger partial charge in [0.1, 0.15) is 4.83 Å². The van der Waals surface area contributed by atoms with Gasteiger partial charge in [-0.3, -0.25) is 9.79 Å². The van der Waals surface area contributed by atoms with Crippen LogP contribution in [-0.4, -0.2) is 24.0 Å². The van der Waals surface area contributed by atoms with Crippen LogP contribution >= 0.6 is 23.1 Å². The highest BCUT2D eigenvalue weighted by atomic mass is 32.2. The van der Waals surface area contributed by atoms with E-state index in [2.05, 4.69) is 59.3 Å². The zero-order chi connectivity index (χ0) is 17.6. The molecule has 0 saturated carbocycles. The van der Waals surface area contributed by atoms with Crippen LogP contribution < -0.4 is 5.32 Å². The number of fused-ring (bicyclic) bond motifs is 1. The summed E-state index contributed by atoms with van der Waals surface area (Å²) < 4.78 is 0. The Labute approximate surface area is 154 Å². The quantitative estimate of drug-likeness (QED) is 0.285. The first kappa shape index (κ1) is 17.4. The number of hydrogen-bond acceptors (Lipinski definition) is 5. The topological polar surface area (TPSA) is 54.4 Å². The normalized spacial score (nSPS) is 11.5. The minimum atomic E-state index is 0.492. The molecule has 0 aliphatic carbocycles. The number of nitrogens with zero attached hydrogens (tertiary/aromatic N) is 2. The smallest absolute Gasteiger partial charge is 0.207 e. The fraction of sp³-hybridized carbons (Fsp3) is 0.105. The third kappa shape index (κ3) is 3.81. The van der Waals surface area contributed by atoms with E-state index in [1.165, 1.54) is 17.3 Å². The van der Waals surface area contributed by atoms with Gasteiger partial charge in [-0.15, -0.1) is 23.1 Å². The zero-order valence-electron chi connectivity index (χ0n) is 13.7. The number of nitrogens with one attached hydrogen (secondary N) is 1. The monoisotopic (exact) mass is 367 g/mol. The average Bonchev–Trinajstić information content (AvgIpc) is 3.02. The fourth-order valence-corrected chi connectivity index (χ4v) is 4.30. The minimum absolute atomic E-state index is 0.492. The van der Waals surface area contributed by atoms with Crippen LogP contribution in [0, 0.1) is 6.92 Å². The maximum atomic E-state index is 10.4. The Kier molecular flexibility index (Phi) is 5.63. The predicted octanol–water partition coefficient (Wildman–Crippen LogP) is 4.71. The van der Waals surface area contributed by atoms with Crippen molar-refractivity contribution in [1.82, 2.24) is 10.3 Å². The Morgan fingerprint density at radius 1 is 1.36 bits per heavy atom. The molecular weight excluding hydrogens is 350 g/mol. The van der Waals surface area contributed by atoms with Crippen molar-refractivity contribution < 1.29 is 4.79 Å². The molecule has 1 aromatic carbocycles. The molecule has 0 bridgehead atoms. The van der Waals surface area contributed by atoms with Crippen molar-refractivity contribution in [3.63, 3.8) is 0 Å². The third-order valence-corrected chi connectivity index (χ3v) is 5.51. The highest BCUT2D eigenvalue weighted by Crippen LogP contribution is 2.42. The van der Waals surface area contributed by atoms with E-state index < -0.39 is 0 Å². The molecule has 0 atom stereocenters. The number of carbonyl (C=O) groups is 1. The van der Waals surface area contributed by atoms with Crippen molar-refractivity contribution >= 4 is 52.1 Å². The van der Waals surface area contributed by atoms with Crippen molar-refractivity contribution in [2.45, 2.75) is 6.92 Å². The first-order chi connectivity index (χ1) is 12.2. The molecule has 6 heteroatoms. The Morgan fingerprint density at radius 3 is 2.88 bits per heavy atom. The SMILES string of the molecule is C=N/C(=C\SCNC=O)c1sc2ncccc2c1-c1ccc(C)cc1. The van der Waals surface area contributed by atoms with Crippen molar-refractivity contribution in [3.8, 4) is 11.1 Å². The maximum Gasteiger partial charge on any atom is 0.207 e. The molecule has 4 nitrogen and oxygen atoms in total. The maximum absolute atomic E-state index is 10.4. The van der Waals surface area contributed by atoms with Gasteiger partial charge >= 0.3 is 0 Å². The molecule has 0 aliphatic rings. The standard InChI is InChI=1S/C19H17N3OS2/c1-13-5-7-14(8-6-13)17-15-4-3-9-22-19(15)25-18(17)16(20-2)10-24-12-21-11-23/h3-11H,2,12H2,1H3,(H,21,23)/b16-10-. The third-order valence-electron chi connectivity index (χ3n) is 3.65. The molecule has 2 aromatic heterocycles. The van der Waals surface area contributed by atoms with E-state index in [9.17, 15) is 4.79 Å². The number of carbonyl (C=O) groups excluding carboxylic acids is 1. The van der Waals surface area contributed by atoms with E-state index in [4.69, 9.17) is 0 Å². The second-order valence-corrected chi connectivity index (χ2v) is 7.18. The molecule has 1 amide bonds. The van der Waals surface area contributed by atoms with Gasteiger partial charge in [-0.25, -0.2) is 4.98 Å². The Morgan fingerprint density at radius 2 is 2.16 bits per heavy atom. The number of benzene rings is 1. The summed E-state index contributed by atoms with van der Waals surface area (Å²) in [6, 6.07) is 12.5. The van der Waals surface area contributed by atoms with Gasteiger partial charge in [0.05, 0.1) is 16.5 Å². The number of thioether (sulfide) groups is 1. The van der Waals surface area contributed by atoms with Crippen LogP contribution in [0.3, 0.4) is 0 Å². The summed E-state index contributed by atoms with van der Waals surface area (Å²) in [5.41, 5.74) is 4.26. The number of rotatable bonds is 7. The lowest BCUT2D eigenvalue weighted by molar-refractivity contribution is -0.109. The Balaban J connectivity index is 2.13. The van der Waals surface area contributed by atoms with E-state index in [0.29, 0.717) is 12.3 Å². The molecule has 0 fully saturated rings. The van der Waals surface area contributed by atoms with Crippen LogP contribution in [0.15, 0.2) is 53.0 Å². The number of hydrogen-bond donors (Lipinski definition) is 1. The Bertz CT molecular complexity index is 929. The van der Waals surface area contributed by atoms with E-state index in [1.807, 2.05) is 11.5 Å². The molecule has 0 saturated heterocycles. The summed E-state index contributed by atoms with van der Waals surface area (Å²) >= 11 is 3.07. The number of thiophene rings is 1.